The Labute approximate surface area is 206 Å². The Morgan fingerprint density at radius 1 is 1.15 bits per heavy atom. The quantitative estimate of drug-likeness (QED) is 0.351. The molecule has 3 saturated heterocycles. The van der Waals surface area contributed by atoms with Gasteiger partial charge in [-0.1, -0.05) is 54.6 Å². The van der Waals surface area contributed by atoms with E-state index in [1.165, 1.54) is 12.0 Å². The van der Waals surface area contributed by atoms with E-state index >= 15 is 0 Å². The van der Waals surface area contributed by atoms with Crippen LogP contribution in [0.5, 0.6) is 0 Å². The van der Waals surface area contributed by atoms with Crippen molar-refractivity contribution in [2.45, 2.75) is 31.0 Å². The van der Waals surface area contributed by atoms with Crippen molar-refractivity contribution in [2.75, 3.05) is 19.7 Å². The summed E-state index contributed by atoms with van der Waals surface area (Å²) in [7, 11) is 0. The third kappa shape index (κ3) is 4.58. The second-order valence-electron chi connectivity index (χ2n) is 9.40. The van der Waals surface area contributed by atoms with Gasteiger partial charge in [0.1, 0.15) is 0 Å². The lowest BCUT2D eigenvalue weighted by molar-refractivity contribution is 0.00425. The summed E-state index contributed by atoms with van der Waals surface area (Å²) >= 11 is 5.81. The molecule has 4 heterocycles. The number of nitrogens with zero attached hydrogens (tertiary/aromatic N) is 2. The summed E-state index contributed by atoms with van der Waals surface area (Å²) in [6.45, 7) is 6.20. The summed E-state index contributed by atoms with van der Waals surface area (Å²) in [6.07, 6.45) is 6.36. The van der Waals surface area contributed by atoms with Crippen LogP contribution in [0.4, 0.5) is 0 Å². The molecule has 0 amide bonds. The molecule has 5 nitrogen and oxygen atoms in total. The SMILES string of the molecule is C=C[C@@H]1CN2CC[C@@H]1C[C@@H]2[C@H](NC(=S)N[C@@H](CO)c1ccccc1)c1ccnc2ccccc12. The first-order chi connectivity index (χ1) is 16.7. The van der Waals surface area contributed by atoms with Gasteiger partial charge in [-0.2, -0.15) is 0 Å². The number of pyridine rings is 1. The summed E-state index contributed by atoms with van der Waals surface area (Å²) in [5.41, 5.74) is 3.21. The summed E-state index contributed by atoms with van der Waals surface area (Å²) in [6, 6.07) is 20.4. The van der Waals surface area contributed by atoms with Crippen LogP contribution in [0.2, 0.25) is 0 Å². The maximum atomic E-state index is 10.0. The first kappa shape index (κ1) is 23.0. The van der Waals surface area contributed by atoms with Gasteiger partial charge in [0, 0.05) is 24.2 Å². The minimum Gasteiger partial charge on any atom is -0.394 e. The Bertz CT molecular complexity index is 1150. The normalized spacial score (nSPS) is 25.4. The molecule has 176 valence electrons. The number of thiocarbonyl (C=S) groups is 1. The molecule has 3 N–H and O–H groups in total. The van der Waals surface area contributed by atoms with Gasteiger partial charge >= 0.3 is 0 Å². The third-order valence-electron chi connectivity index (χ3n) is 7.53. The van der Waals surface area contributed by atoms with Crippen LogP contribution in [-0.2, 0) is 0 Å². The largest absolute Gasteiger partial charge is 0.394 e. The maximum Gasteiger partial charge on any atom is 0.167 e. The van der Waals surface area contributed by atoms with E-state index in [1.54, 1.807) is 0 Å². The van der Waals surface area contributed by atoms with Crippen molar-refractivity contribution >= 4 is 28.2 Å². The highest BCUT2D eigenvalue weighted by Crippen LogP contribution is 2.42. The summed E-state index contributed by atoms with van der Waals surface area (Å²) in [4.78, 5) is 7.19. The van der Waals surface area contributed by atoms with Gasteiger partial charge in [-0.25, -0.2) is 0 Å². The monoisotopic (exact) mass is 472 g/mol. The summed E-state index contributed by atoms with van der Waals surface area (Å²) in [5.74, 6) is 1.21. The molecule has 2 bridgehead atoms. The Morgan fingerprint density at radius 2 is 1.94 bits per heavy atom. The number of para-hydroxylation sites is 1. The minimum atomic E-state index is -0.260. The molecule has 6 atom stereocenters. The van der Waals surface area contributed by atoms with Crippen molar-refractivity contribution < 1.29 is 5.11 Å². The molecule has 0 spiro atoms. The molecule has 34 heavy (non-hydrogen) atoms. The standard InChI is InChI=1S/C28H32N4OS/c1-2-19-17-32-15-13-21(19)16-26(32)27(23-12-14-29-24-11-7-6-10-22(23)24)31-28(34)30-25(18-33)20-8-4-3-5-9-20/h2-12,14,19,21,25-27,33H,1,13,15-18H2,(H2,30,31,34)/t19-,21-,25+,26-,27-/m1/s1. The zero-order chi connectivity index (χ0) is 23.5. The molecule has 0 radical (unpaired) electrons. The molecule has 0 saturated carbocycles. The lowest BCUT2D eigenvalue weighted by Crippen LogP contribution is -2.58. The van der Waals surface area contributed by atoms with Crippen molar-refractivity contribution in [3.8, 4) is 0 Å². The number of aliphatic hydroxyl groups excluding tert-OH is 1. The Hall–Kier alpha value is -2.80. The van der Waals surface area contributed by atoms with Crippen LogP contribution in [0.15, 0.2) is 79.5 Å². The number of rotatable bonds is 7. The van der Waals surface area contributed by atoms with E-state index in [-0.39, 0.29) is 18.7 Å². The van der Waals surface area contributed by atoms with Gasteiger partial charge in [-0.15, -0.1) is 6.58 Å². The van der Waals surface area contributed by atoms with Gasteiger partial charge < -0.3 is 15.7 Å². The van der Waals surface area contributed by atoms with Crippen molar-refractivity contribution in [3.63, 3.8) is 0 Å². The molecule has 3 aliphatic rings. The second kappa shape index (κ2) is 10.2. The first-order valence-electron chi connectivity index (χ1n) is 12.1. The van der Waals surface area contributed by atoms with E-state index in [1.807, 2.05) is 42.6 Å². The van der Waals surface area contributed by atoms with E-state index in [9.17, 15) is 5.11 Å². The van der Waals surface area contributed by atoms with Crippen molar-refractivity contribution in [2.24, 2.45) is 11.8 Å². The minimum absolute atomic E-state index is 0.0107. The summed E-state index contributed by atoms with van der Waals surface area (Å²) in [5, 5.41) is 18.8. The third-order valence-corrected chi connectivity index (χ3v) is 7.77. The van der Waals surface area contributed by atoms with Crippen LogP contribution < -0.4 is 10.6 Å². The molecule has 2 aromatic carbocycles. The molecule has 1 unspecified atom stereocenters. The fraction of sp³-hybridized carbons (Fsp3) is 0.357. The van der Waals surface area contributed by atoms with Crippen LogP contribution in [0.25, 0.3) is 10.9 Å². The van der Waals surface area contributed by atoms with Gasteiger partial charge in [0.2, 0.25) is 0 Å². The Balaban J connectivity index is 1.45. The number of hydrogen-bond acceptors (Lipinski definition) is 4. The highest BCUT2D eigenvalue weighted by atomic mass is 32.1. The van der Waals surface area contributed by atoms with Crippen LogP contribution in [0, 0.1) is 11.8 Å². The van der Waals surface area contributed by atoms with Crippen molar-refractivity contribution in [1.29, 1.82) is 0 Å². The number of piperidine rings is 3. The van der Waals surface area contributed by atoms with Crippen LogP contribution in [0.1, 0.15) is 36.1 Å². The smallest absolute Gasteiger partial charge is 0.167 e. The van der Waals surface area contributed by atoms with Gasteiger partial charge in [0.15, 0.2) is 5.11 Å². The fourth-order valence-corrected chi connectivity index (χ4v) is 6.02. The Morgan fingerprint density at radius 3 is 2.68 bits per heavy atom. The van der Waals surface area contributed by atoms with Crippen molar-refractivity contribution in [3.05, 3.63) is 90.6 Å². The van der Waals surface area contributed by atoms with E-state index in [4.69, 9.17) is 12.2 Å². The molecule has 3 aliphatic heterocycles. The predicted molar refractivity (Wildman–Crippen MR) is 141 cm³/mol. The van der Waals surface area contributed by atoms with Gasteiger partial charge in [0.05, 0.1) is 24.2 Å². The molecule has 3 aromatic rings. The second-order valence-corrected chi connectivity index (χ2v) is 9.81. The average molecular weight is 473 g/mol. The average Bonchev–Trinajstić information content (AvgIpc) is 2.90. The number of nitrogens with one attached hydrogen (secondary N) is 2. The topological polar surface area (TPSA) is 60.4 Å². The van der Waals surface area contributed by atoms with Crippen molar-refractivity contribution in [1.82, 2.24) is 20.5 Å². The van der Waals surface area contributed by atoms with Crippen LogP contribution >= 0.6 is 12.2 Å². The van der Waals surface area contributed by atoms with Gasteiger partial charge in [-0.05, 0) is 66.7 Å². The molecular formula is C28H32N4OS. The number of benzene rings is 2. The predicted octanol–water partition coefficient (Wildman–Crippen LogP) is 4.37. The van der Waals surface area contributed by atoms with Crippen LogP contribution in [0.3, 0.4) is 0 Å². The van der Waals surface area contributed by atoms with E-state index < -0.39 is 0 Å². The molecule has 1 aromatic heterocycles. The highest BCUT2D eigenvalue weighted by molar-refractivity contribution is 7.80. The fourth-order valence-electron chi connectivity index (χ4n) is 5.76. The number of hydrogen-bond donors (Lipinski definition) is 3. The summed E-state index contributed by atoms with van der Waals surface area (Å²) < 4.78 is 0. The Kier molecular flexibility index (Phi) is 6.90. The van der Waals surface area contributed by atoms with E-state index in [2.05, 4.69) is 57.4 Å². The molecule has 6 heteroatoms. The lowest BCUT2D eigenvalue weighted by Gasteiger charge is -2.52. The van der Waals surface area contributed by atoms with Gasteiger partial charge in [-0.3, -0.25) is 9.88 Å². The number of aromatic nitrogens is 1. The number of aliphatic hydroxyl groups is 1. The lowest BCUT2D eigenvalue weighted by atomic mass is 9.73. The van der Waals surface area contributed by atoms with Gasteiger partial charge in [0.25, 0.3) is 0 Å². The van der Waals surface area contributed by atoms with E-state index in [0.29, 0.717) is 23.0 Å². The maximum absolute atomic E-state index is 10.0. The van der Waals surface area contributed by atoms with E-state index in [0.717, 1.165) is 36.0 Å². The van der Waals surface area contributed by atoms with Crippen LogP contribution in [-0.4, -0.2) is 45.8 Å². The number of fused-ring (bicyclic) bond motifs is 4. The molecular weight excluding hydrogens is 440 g/mol. The zero-order valence-corrected chi connectivity index (χ0v) is 20.1. The first-order valence-corrected chi connectivity index (χ1v) is 12.5. The highest BCUT2D eigenvalue weighted by Gasteiger charge is 2.43. The molecule has 6 rings (SSSR count). The zero-order valence-electron chi connectivity index (χ0n) is 19.3. The molecule has 0 aliphatic carbocycles. The molecule has 3 fully saturated rings.